The first kappa shape index (κ1) is 50.0. The van der Waals surface area contributed by atoms with Crippen LogP contribution in [0.25, 0.3) is 0 Å². The number of carbonyl (C=O) groups excluding carboxylic acids is 2. The van der Waals surface area contributed by atoms with Crippen LogP contribution in [0.2, 0.25) is 0 Å². The SMILES string of the molecule is CCCCCC(=O)Oc1c(C)nc(NC(CCCCC)c2ccccc2)nc1C.CCCCCC(Nc1nc(C)c(OC(=O)CCCCc2ccccc2)c(C)n1)c1ccccc1. The Morgan fingerprint density at radius 1 is 0.476 bits per heavy atom. The van der Waals surface area contributed by atoms with Gasteiger partial charge in [-0.05, 0) is 82.9 Å². The summed E-state index contributed by atoms with van der Waals surface area (Å²) in [5.74, 6) is 1.67. The summed E-state index contributed by atoms with van der Waals surface area (Å²) in [5, 5.41) is 7.01. The maximum atomic E-state index is 12.4. The van der Waals surface area contributed by atoms with Gasteiger partial charge in [-0.25, -0.2) is 19.9 Å². The maximum Gasteiger partial charge on any atom is 0.311 e. The van der Waals surface area contributed by atoms with Crippen molar-refractivity contribution in [3.05, 3.63) is 130 Å². The molecule has 338 valence electrons. The average molecular weight is 857 g/mol. The fourth-order valence-electron chi connectivity index (χ4n) is 7.45. The highest BCUT2D eigenvalue weighted by molar-refractivity contribution is 5.73. The number of aromatic nitrogens is 4. The van der Waals surface area contributed by atoms with Crippen molar-refractivity contribution in [1.29, 1.82) is 0 Å². The van der Waals surface area contributed by atoms with E-state index in [-0.39, 0.29) is 24.0 Å². The van der Waals surface area contributed by atoms with Gasteiger partial charge in [-0.3, -0.25) is 9.59 Å². The quantitative estimate of drug-likeness (QED) is 0.0432. The van der Waals surface area contributed by atoms with Crippen LogP contribution in [-0.4, -0.2) is 31.9 Å². The molecule has 2 atom stereocenters. The lowest BCUT2D eigenvalue weighted by molar-refractivity contribution is -0.135. The monoisotopic (exact) mass is 857 g/mol. The van der Waals surface area contributed by atoms with Gasteiger partial charge < -0.3 is 20.1 Å². The molecule has 0 aliphatic heterocycles. The largest absolute Gasteiger partial charge is 0.423 e. The second kappa shape index (κ2) is 28.1. The van der Waals surface area contributed by atoms with Crippen LogP contribution in [0.5, 0.6) is 11.5 Å². The number of nitrogens with zero attached hydrogens (tertiary/aromatic N) is 4. The average Bonchev–Trinajstić information content (AvgIpc) is 3.28. The van der Waals surface area contributed by atoms with Crippen molar-refractivity contribution >= 4 is 23.8 Å². The van der Waals surface area contributed by atoms with Crippen molar-refractivity contribution in [2.75, 3.05) is 10.6 Å². The van der Waals surface area contributed by atoms with Crippen molar-refractivity contribution in [1.82, 2.24) is 19.9 Å². The van der Waals surface area contributed by atoms with Crippen LogP contribution < -0.4 is 20.1 Å². The van der Waals surface area contributed by atoms with E-state index in [2.05, 4.69) is 112 Å². The first-order chi connectivity index (χ1) is 30.6. The molecule has 63 heavy (non-hydrogen) atoms. The Balaban J connectivity index is 0.000000280. The highest BCUT2D eigenvalue weighted by Gasteiger charge is 2.19. The van der Waals surface area contributed by atoms with Gasteiger partial charge in [0.2, 0.25) is 11.9 Å². The molecule has 2 aromatic heterocycles. The first-order valence-corrected chi connectivity index (χ1v) is 23.4. The van der Waals surface area contributed by atoms with E-state index in [1.54, 1.807) is 0 Å². The van der Waals surface area contributed by atoms with Gasteiger partial charge in [0.05, 0.1) is 34.9 Å². The Bertz CT molecular complexity index is 2030. The van der Waals surface area contributed by atoms with Crippen molar-refractivity contribution < 1.29 is 19.1 Å². The summed E-state index contributed by atoms with van der Waals surface area (Å²) in [6.45, 7) is 14.0. The molecule has 0 radical (unpaired) electrons. The summed E-state index contributed by atoms with van der Waals surface area (Å²) in [6, 6.07) is 31.5. The Morgan fingerprint density at radius 2 is 0.825 bits per heavy atom. The minimum Gasteiger partial charge on any atom is -0.423 e. The molecular weight excluding hydrogens is 785 g/mol. The van der Waals surface area contributed by atoms with Crippen LogP contribution in [-0.2, 0) is 16.0 Å². The number of aryl methyl sites for hydroxylation is 5. The topological polar surface area (TPSA) is 128 Å². The Hall–Kier alpha value is -5.64. The van der Waals surface area contributed by atoms with E-state index in [0.717, 1.165) is 64.2 Å². The highest BCUT2D eigenvalue weighted by atomic mass is 16.5. The summed E-state index contributed by atoms with van der Waals surface area (Å²) in [6.07, 6.45) is 15.6. The van der Waals surface area contributed by atoms with Crippen LogP contribution in [0.1, 0.15) is 169 Å². The number of unbranched alkanes of at least 4 members (excludes halogenated alkanes) is 7. The molecule has 3 aromatic carbocycles. The number of benzene rings is 3. The van der Waals surface area contributed by atoms with Crippen LogP contribution >= 0.6 is 0 Å². The molecule has 0 aliphatic carbocycles. The Labute approximate surface area is 377 Å². The Kier molecular flexibility index (Phi) is 22.3. The van der Waals surface area contributed by atoms with Gasteiger partial charge >= 0.3 is 11.9 Å². The third-order valence-corrected chi connectivity index (χ3v) is 11.0. The molecule has 0 amide bonds. The highest BCUT2D eigenvalue weighted by Crippen LogP contribution is 2.29. The summed E-state index contributed by atoms with van der Waals surface area (Å²) in [5.41, 5.74) is 6.47. The lowest BCUT2D eigenvalue weighted by Gasteiger charge is -2.20. The van der Waals surface area contributed by atoms with Gasteiger partial charge in [-0.15, -0.1) is 0 Å². The molecule has 2 N–H and O–H groups in total. The van der Waals surface area contributed by atoms with Gasteiger partial charge in [-0.2, -0.15) is 0 Å². The molecular formula is C53H72N6O4. The lowest BCUT2D eigenvalue weighted by atomic mass is 10.0. The standard InChI is InChI=1S/C29H37N3O2.C24H35N3O2/c1-4-5-8-20-26(25-18-11-7-12-19-25)32-29-30-22(2)28(23(3)31-29)34-27(33)21-14-13-17-24-15-9-6-10-16-24;1-5-7-10-16-21(20-14-12-9-13-15-20)27-24-25-18(3)23(19(4)26-24)29-22(28)17-11-8-6-2/h6-7,9-12,15-16,18-19,26H,4-5,8,13-14,17,20-21H2,1-3H3,(H,30,31,32);9,12-15,21H,5-8,10-11,16-17H2,1-4H3,(H,25,26,27). The third kappa shape index (κ3) is 17.9. The van der Waals surface area contributed by atoms with E-state index < -0.39 is 0 Å². The van der Waals surface area contributed by atoms with Crippen LogP contribution in [0, 0.1) is 27.7 Å². The normalized spacial score (nSPS) is 11.8. The second-order valence-corrected chi connectivity index (χ2v) is 16.4. The molecule has 10 heteroatoms. The number of nitrogens with one attached hydrogen (secondary N) is 2. The fraction of sp³-hybridized carbons (Fsp3) is 0.472. The van der Waals surface area contributed by atoms with E-state index >= 15 is 0 Å². The number of ether oxygens (including phenoxy) is 2. The zero-order valence-electron chi connectivity index (χ0n) is 39.1. The first-order valence-electron chi connectivity index (χ1n) is 23.4. The zero-order valence-corrected chi connectivity index (χ0v) is 39.1. The number of hydrogen-bond acceptors (Lipinski definition) is 10. The van der Waals surface area contributed by atoms with Gasteiger partial charge in [0.15, 0.2) is 11.5 Å². The van der Waals surface area contributed by atoms with Gasteiger partial charge in [0.1, 0.15) is 0 Å². The molecule has 0 aliphatic rings. The van der Waals surface area contributed by atoms with Crippen molar-refractivity contribution in [3.63, 3.8) is 0 Å². The van der Waals surface area contributed by atoms with E-state index in [1.807, 2.05) is 58.0 Å². The smallest absolute Gasteiger partial charge is 0.311 e. The van der Waals surface area contributed by atoms with Gasteiger partial charge in [0.25, 0.3) is 0 Å². The summed E-state index contributed by atoms with van der Waals surface area (Å²) < 4.78 is 11.2. The lowest BCUT2D eigenvalue weighted by Crippen LogP contribution is -2.16. The Morgan fingerprint density at radius 3 is 1.21 bits per heavy atom. The van der Waals surface area contributed by atoms with Crippen LogP contribution in [0.3, 0.4) is 0 Å². The predicted molar refractivity (Wildman–Crippen MR) is 256 cm³/mol. The molecule has 2 unspecified atom stereocenters. The van der Waals surface area contributed by atoms with E-state index in [4.69, 9.17) is 9.47 Å². The number of carbonyl (C=O) groups is 2. The number of rotatable bonds is 25. The molecule has 0 fully saturated rings. The summed E-state index contributed by atoms with van der Waals surface area (Å²) in [7, 11) is 0. The molecule has 0 saturated heterocycles. The third-order valence-electron chi connectivity index (χ3n) is 11.0. The molecule has 0 spiro atoms. The van der Waals surface area contributed by atoms with Crippen LogP contribution in [0.15, 0.2) is 91.0 Å². The van der Waals surface area contributed by atoms with Crippen molar-refractivity contribution in [3.8, 4) is 11.5 Å². The molecule has 0 saturated carbocycles. The van der Waals surface area contributed by atoms with E-state index in [9.17, 15) is 9.59 Å². The number of anilines is 2. The molecule has 5 aromatic rings. The van der Waals surface area contributed by atoms with Crippen molar-refractivity contribution in [2.45, 2.75) is 163 Å². The minimum absolute atomic E-state index is 0.143. The molecule has 5 rings (SSSR count). The minimum atomic E-state index is -0.231. The van der Waals surface area contributed by atoms with E-state index in [0.29, 0.717) is 59.0 Å². The van der Waals surface area contributed by atoms with Gasteiger partial charge in [0, 0.05) is 12.8 Å². The molecule has 2 heterocycles. The number of esters is 2. The molecule has 0 bridgehead atoms. The zero-order chi connectivity index (χ0) is 45.2. The fourth-order valence-corrected chi connectivity index (χ4v) is 7.45. The maximum absolute atomic E-state index is 12.4. The van der Waals surface area contributed by atoms with Gasteiger partial charge in [-0.1, -0.05) is 163 Å². The number of hydrogen-bond donors (Lipinski definition) is 2. The summed E-state index contributed by atoms with van der Waals surface area (Å²) in [4.78, 5) is 42.9. The van der Waals surface area contributed by atoms with Crippen LogP contribution in [0.4, 0.5) is 11.9 Å². The van der Waals surface area contributed by atoms with Crippen molar-refractivity contribution in [2.24, 2.45) is 0 Å². The summed E-state index contributed by atoms with van der Waals surface area (Å²) >= 11 is 0. The second-order valence-electron chi connectivity index (χ2n) is 16.4. The molecule has 10 nitrogen and oxygen atoms in total. The van der Waals surface area contributed by atoms with E-state index in [1.165, 1.54) is 42.4 Å². The predicted octanol–water partition coefficient (Wildman–Crippen LogP) is 13.5.